The lowest BCUT2D eigenvalue weighted by atomic mass is 10.1. The highest BCUT2D eigenvalue weighted by Crippen LogP contribution is 2.21. The molecule has 0 saturated carbocycles. The van der Waals surface area contributed by atoms with Crippen LogP contribution in [0.15, 0.2) is 18.2 Å². The van der Waals surface area contributed by atoms with Gasteiger partial charge in [0, 0.05) is 30.4 Å². The first-order chi connectivity index (χ1) is 7.63. The summed E-state index contributed by atoms with van der Waals surface area (Å²) in [5.74, 6) is -0.207. The molecular formula is C13H21FN2. The van der Waals surface area contributed by atoms with Crippen molar-refractivity contribution in [1.82, 2.24) is 0 Å². The average molecular weight is 224 g/mol. The van der Waals surface area contributed by atoms with Gasteiger partial charge in [0.05, 0.1) is 0 Å². The van der Waals surface area contributed by atoms with Gasteiger partial charge in [-0.05, 0) is 32.4 Å². The first kappa shape index (κ1) is 13.0. The van der Waals surface area contributed by atoms with Crippen LogP contribution < -0.4 is 10.6 Å². The Hall–Kier alpha value is -1.09. The maximum atomic E-state index is 13.6. The van der Waals surface area contributed by atoms with Gasteiger partial charge in [-0.3, -0.25) is 0 Å². The molecule has 2 nitrogen and oxygen atoms in total. The summed E-state index contributed by atoms with van der Waals surface area (Å²) in [6.07, 6.45) is 1.05. The van der Waals surface area contributed by atoms with E-state index in [-0.39, 0.29) is 12.4 Å². The molecule has 2 N–H and O–H groups in total. The van der Waals surface area contributed by atoms with Crippen molar-refractivity contribution in [2.45, 2.75) is 39.8 Å². The van der Waals surface area contributed by atoms with Crippen LogP contribution in [0, 0.1) is 5.82 Å². The van der Waals surface area contributed by atoms with Gasteiger partial charge in [0.25, 0.3) is 0 Å². The minimum atomic E-state index is -0.207. The fraction of sp³-hybridized carbons (Fsp3) is 0.538. The normalized spacial score (nSPS) is 12.6. The fourth-order valence-corrected chi connectivity index (χ4v) is 1.85. The topological polar surface area (TPSA) is 29.3 Å². The van der Waals surface area contributed by atoms with E-state index in [0.717, 1.165) is 18.7 Å². The third-order valence-electron chi connectivity index (χ3n) is 3.05. The van der Waals surface area contributed by atoms with Gasteiger partial charge < -0.3 is 10.6 Å². The summed E-state index contributed by atoms with van der Waals surface area (Å²) < 4.78 is 13.6. The minimum absolute atomic E-state index is 0.207. The Labute approximate surface area is 97.3 Å². The second-order valence-corrected chi connectivity index (χ2v) is 4.02. The molecule has 1 aromatic carbocycles. The SMILES string of the molecule is CCC(C)N(CC)c1ccc(CN)c(F)c1. The number of nitrogens with two attached hydrogens (primary N) is 1. The zero-order valence-electron chi connectivity index (χ0n) is 10.3. The van der Waals surface area contributed by atoms with Gasteiger partial charge in [0.2, 0.25) is 0 Å². The molecule has 0 fully saturated rings. The van der Waals surface area contributed by atoms with Crippen LogP contribution in [0.25, 0.3) is 0 Å². The maximum Gasteiger partial charge on any atom is 0.129 e. The summed E-state index contributed by atoms with van der Waals surface area (Å²) in [4.78, 5) is 2.20. The molecule has 0 aliphatic carbocycles. The first-order valence-electron chi connectivity index (χ1n) is 5.89. The number of hydrogen-bond acceptors (Lipinski definition) is 2. The van der Waals surface area contributed by atoms with Gasteiger partial charge in [-0.2, -0.15) is 0 Å². The van der Waals surface area contributed by atoms with Gasteiger partial charge in [-0.15, -0.1) is 0 Å². The van der Waals surface area contributed by atoms with E-state index in [1.807, 2.05) is 6.07 Å². The van der Waals surface area contributed by atoms with E-state index in [1.165, 1.54) is 0 Å². The molecule has 0 spiro atoms. The molecule has 1 aromatic rings. The van der Waals surface area contributed by atoms with Crippen molar-refractivity contribution in [3.63, 3.8) is 0 Å². The second kappa shape index (κ2) is 5.85. The van der Waals surface area contributed by atoms with Gasteiger partial charge in [0.1, 0.15) is 5.82 Å². The largest absolute Gasteiger partial charge is 0.369 e. The summed E-state index contributed by atoms with van der Waals surface area (Å²) in [6, 6.07) is 5.72. The molecule has 0 radical (unpaired) electrons. The molecule has 16 heavy (non-hydrogen) atoms. The maximum absolute atomic E-state index is 13.6. The van der Waals surface area contributed by atoms with E-state index in [0.29, 0.717) is 11.6 Å². The highest BCUT2D eigenvalue weighted by Gasteiger charge is 2.12. The molecule has 0 aliphatic heterocycles. The fourth-order valence-electron chi connectivity index (χ4n) is 1.85. The van der Waals surface area contributed by atoms with Crippen molar-refractivity contribution < 1.29 is 4.39 Å². The Morgan fingerprint density at radius 3 is 2.50 bits per heavy atom. The van der Waals surface area contributed by atoms with E-state index in [4.69, 9.17) is 5.73 Å². The molecule has 1 unspecified atom stereocenters. The third kappa shape index (κ3) is 2.73. The van der Waals surface area contributed by atoms with E-state index in [1.54, 1.807) is 12.1 Å². The smallest absolute Gasteiger partial charge is 0.129 e. The molecule has 0 aliphatic rings. The van der Waals surface area contributed by atoms with Crippen LogP contribution in [0.1, 0.15) is 32.8 Å². The predicted octanol–water partition coefficient (Wildman–Crippen LogP) is 2.91. The molecule has 0 saturated heterocycles. The quantitative estimate of drug-likeness (QED) is 0.833. The summed E-state index contributed by atoms with van der Waals surface area (Å²) in [6.45, 7) is 7.51. The first-order valence-corrected chi connectivity index (χ1v) is 5.89. The number of anilines is 1. The molecule has 0 amide bonds. The molecular weight excluding hydrogens is 203 g/mol. The summed E-state index contributed by atoms with van der Waals surface area (Å²) in [7, 11) is 0. The Morgan fingerprint density at radius 2 is 2.06 bits per heavy atom. The average Bonchev–Trinajstić information content (AvgIpc) is 2.30. The van der Waals surface area contributed by atoms with Crippen molar-refractivity contribution in [1.29, 1.82) is 0 Å². The zero-order chi connectivity index (χ0) is 12.1. The number of rotatable bonds is 5. The van der Waals surface area contributed by atoms with Gasteiger partial charge >= 0.3 is 0 Å². The number of nitrogens with zero attached hydrogens (tertiary/aromatic N) is 1. The van der Waals surface area contributed by atoms with Crippen LogP contribution in [0.4, 0.5) is 10.1 Å². The van der Waals surface area contributed by atoms with Crippen molar-refractivity contribution in [3.05, 3.63) is 29.6 Å². The molecule has 0 aromatic heterocycles. The van der Waals surface area contributed by atoms with Crippen LogP contribution in [-0.4, -0.2) is 12.6 Å². The molecule has 0 heterocycles. The van der Waals surface area contributed by atoms with Crippen molar-refractivity contribution in [2.24, 2.45) is 5.73 Å². The van der Waals surface area contributed by atoms with Gasteiger partial charge in [-0.1, -0.05) is 13.0 Å². The van der Waals surface area contributed by atoms with Gasteiger partial charge in [-0.25, -0.2) is 4.39 Å². The van der Waals surface area contributed by atoms with Crippen LogP contribution in [-0.2, 0) is 6.54 Å². The Kier molecular flexibility index (Phi) is 4.74. The monoisotopic (exact) mass is 224 g/mol. The predicted molar refractivity (Wildman–Crippen MR) is 67.1 cm³/mol. The standard InChI is InChI=1S/C13H21FN2/c1-4-10(3)16(5-2)12-7-6-11(9-15)13(14)8-12/h6-8,10H,4-5,9,15H2,1-3H3. The van der Waals surface area contributed by atoms with E-state index >= 15 is 0 Å². The van der Waals surface area contributed by atoms with Crippen molar-refractivity contribution >= 4 is 5.69 Å². The minimum Gasteiger partial charge on any atom is -0.369 e. The molecule has 1 atom stereocenters. The molecule has 3 heteroatoms. The third-order valence-corrected chi connectivity index (χ3v) is 3.05. The Balaban J connectivity index is 2.98. The highest BCUT2D eigenvalue weighted by atomic mass is 19.1. The summed E-state index contributed by atoms with van der Waals surface area (Å²) in [5.41, 5.74) is 6.95. The number of hydrogen-bond donors (Lipinski definition) is 1. The Bertz CT molecular complexity index is 339. The Morgan fingerprint density at radius 1 is 1.38 bits per heavy atom. The van der Waals surface area contributed by atoms with E-state index in [9.17, 15) is 4.39 Å². The lowest BCUT2D eigenvalue weighted by Gasteiger charge is -2.29. The van der Waals surface area contributed by atoms with Crippen LogP contribution >= 0.6 is 0 Å². The lowest BCUT2D eigenvalue weighted by Crippen LogP contribution is -2.32. The van der Waals surface area contributed by atoms with E-state index < -0.39 is 0 Å². The lowest BCUT2D eigenvalue weighted by molar-refractivity contribution is 0.600. The molecule has 90 valence electrons. The van der Waals surface area contributed by atoms with Crippen LogP contribution in [0.3, 0.4) is 0 Å². The van der Waals surface area contributed by atoms with Crippen LogP contribution in [0.2, 0.25) is 0 Å². The number of benzene rings is 1. The van der Waals surface area contributed by atoms with Crippen molar-refractivity contribution in [2.75, 3.05) is 11.4 Å². The summed E-state index contributed by atoms with van der Waals surface area (Å²) >= 11 is 0. The van der Waals surface area contributed by atoms with Crippen molar-refractivity contribution in [3.8, 4) is 0 Å². The van der Waals surface area contributed by atoms with E-state index in [2.05, 4.69) is 25.7 Å². The highest BCUT2D eigenvalue weighted by molar-refractivity contribution is 5.49. The second-order valence-electron chi connectivity index (χ2n) is 4.02. The molecule has 1 rings (SSSR count). The molecule has 0 bridgehead atoms. The van der Waals surface area contributed by atoms with Gasteiger partial charge in [0.15, 0.2) is 0 Å². The zero-order valence-corrected chi connectivity index (χ0v) is 10.3. The van der Waals surface area contributed by atoms with Crippen LogP contribution in [0.5, 0.6) is 0 Å². The summed E-state index contributed by atoms with van der Waals surface area (Å²) in [5, 5.41) is 0. The number of halogens is 1.